The summed E-state index contributed by atoms with van der Waals surface area (Å²) in [6.07, 6.45) is 2.24. The van der Waals surface area contributed by atoms with Gasteiger partial charge in [0, 0.05) is 17.1 Å². The first-order valence-electron chi connectivity index (χ1n) is 6.32. The summed E-state index contributed by atoms with van der Waals surface area (Å²) in [7, 11) is 1.94. The van der Waals surface area contributed by atoms with Crippen LogP contribution in [0.5, 0.6) is 0 Å². The van der Waals surface area contributed by atoms with Gasteiger partial charge in [0.15, 0.2) is 0 Å². The molecule has 1 aliphatic rings. The van der Waals surface area contributed by atoms with Gasteiger partial charge in [0.25, 0.3) is 0 Å². The van der Waals surface area contributed by atoms with Crippen LogP contribution in [0.25, 0.3) is 0 Å². The fourth-order valence-electron chi connectivity index (χ4n) is 1.92. The number of hydrogen-bond donors (Lipinski definition) is 1. The van der Waals surface area contributed by atoms with Crippen molar-refractivity contribution >= 4 is 17.5 Å². The number of carbonyl (C=O) groups is 1. The van der Waals surface area contributed by atoms with E-state index < -0.39 is 0 Å². The van der Waals surface area contributed by atoms with E-state index in [0.29, 0.717) is 12.6 Å². The Hall–Kier alpha value is -1.06. The van der Waals surface area contributed by atoms with Crippen LogP contribution in [0.1, 0.15) is 31.4 Å². The highest BCUT2D eigenvalue weighted by Gasteiger charge is 2.24. The van der Waals surface area contributed by atoms with Crippen LogP contribution in [0.4, 0.5) is 0 Å². The molecule has 1 aromatic rings. The minimum absolute atomic E-state index is 0.0962. The Bertz CT molecular complexity index is 432. The summed E-state index contributed by atoms with van der Waals surface area (Å²) in [5.74, 6) is 0.0962. The van der Waals surface area contributed by atoms with Gasteiger partial charge in [-0.05, 0) is 38.4 Å². The number of halogens is 1. The number of rotatable bonds is 5. The highest BCUT2D eigenvalue weighted by atomic mass is 35.5. The second-order valence-electron chi connectivity index (χ2n) is 4.95. The van der Waals surface area contributed by atoms with Crippen molar-refractivity contribution in [2.45, 2.75) is 31.8 Å². The molecule has 18 heavy (non-hydrogen) atoms. The molecule has 0 saturated heterocycles. The predicted molar refractivity (Wildman–Crippen MR) is 73.7 cm³/mol. The Morgan fingerprint density at radius 2 is 2.17 bits per heavy atom. The average Bonchev–Trinajstić information content (AvgIpc) is 3.12. The molecule has 2 rings (SSSR count). The van der Waals surface area contributed by atoms with Gasteiger partial charge in [0.1, 0.15) is 0 Å². The van der Waals surface area contributed by atoms with Crippen molar-refractivity contribution in [3.8, 4) is 0 Å². The lowest BCUT2D eigenvalue weighted by atomic mass is 10.1. The molecule has 0 spiro atoms. The number of nitrogens with zero attached hydrogens (tertiary/aromatic N) is 1. The third-order valence-electron chi connectivity index (χ3n) is 3.35. The van der Waals surface area contributed by atoms with Crippen LogP contribution < -0.4 is 5.32 Å². The maximum atomic E-state index is 11.7. The lowest BCUT2D eigenvalue weighted by Crippen LogP contribution is -2.37. The van der Waals surface area contributed by atoms with Gasteiger partial charge < -0.3 is 5.32 Å². The fraction of sp³-hybridized carbons (Fsp3) is 0.500. The van der Waals surface area contributed by atoms with E-state index in [1.807, 2.05) is 36.2 Å². The Morgan fingerprint density at radius 1 is 1.50 bits per heavy atom. The zero-order valence-corrected chi connectivity index (χ0v) is 11.6. The molecule has 1 atom stereocenters. The number of amides is 1. The molecule has 1 amide bonds. The first-order chi connectivity index (χ1) is 8.58. The normalized spacial score (nSPS) is 16.7. The molecule has 1 N–H and O–H groups in total. The van der Waals surface area contributed by atoms with Gasteiger partial charge in [-0.1, -0.05) is 29.8 Å². The summed E-state index contributed by atoms with van der Waals surface area (Å²) in [5, 5.41) is 3.74. The topological polar surface area (TPSA) is 32.3 Å². The molecule has 1 saturated carbocycles. The molecule has 0 aliphatic heterocycles. The molecule has 98 valence electrons. The highest BCUT2D eigenvalue weighted by Crippen LogP contribution is 2.26. The Labute approximate surface area is 113 Å². The van der Waals surface area contributed by atoms with E-state index in [1.54, 1.807) is 0 Å². The molecule has 1 aromatic carbocycles. The van der Waals surface area contributed by atoms with Gasteiger partial charge in [-0.15, -0.1) is 0 Å². The van der Waals surface area contributed by atoms with Gasteiger partial charge in [-0.2, -0.15) is 0 Å². The molecular formula is C14H19ClN2O. The van der Waals surface area contributed by atoms with E-state index in [4.69, 9.17) is 11.6 Å². The molecule has 0 bridgehead atoms. The predicted octanol–water partition coefficient (Wildman–Crippen LogP) is 2.61. The minimum Gasteiger partial charge on any atom is -0.352 e. The summed E-state index contributed by atoms with van der Waals surface area (Å²) in [4.78, 5) is 13.8. The van der Waals surface area contributed by atoms with Gasteiger partial charge >= 0.3 is 0 Å². The maximum Gasteiger partial charge on any atom is 0.234 e. The van der Waals surface area contributed by atoms with Crippen LogP contribution in [-0.4, -0.2) is 30.4 Å². The minimum atomic E-state index is 0.0962. The zero-order valence-electron chi connectivity index (χ0n) is 10.8. The van der Waals surface area contributed by atoms with Gasteiger partial charge in [-0.25, -0.2) is 0 Å². The Balaban J connectivity index is 1.93. The van der Waals surface area contributed by atoms with Crippen molar-refractivity contribution in [1.82, 2.24) is 10.2 Å². The molecule has 0 aromatic heterocycles. The first-order valence-corrected chi connectivity index (χ1v) is 6.69. The van der Waals surface area contributed by atoms with Crippen LogP contribution in [0.2, 0.25) is 5.02 Å². The van der Waals surface area contributed by atoms with E-state index in [1.165, 1.54) is 0 Å². The van der Waals surface area contributed by atoms with Crippen LogP contribution in [0, 0.1) is 0 Å². The molecule has 0 unspecified atom stereocenters. The van der Waals surface area contributed by atoms with Crippen LogP contribution >= 0.6 is 11.6 Å². The van der Waals surface area contributed by atoms with E-state index in [9.17, 15) is 4.79 Å². The van der Waals surface area contributed by atoms with E-state index >= 15 is 0 Å². The summed E-state index contributed by atoms with van der Waals surface area (Å²) in [6.45, 7) is 2.47. The van der Waals surface area contributed by atoms with Gasteiger partial charge in [0.05, 0.1) is 6.54 Å². The third-order valence-corrected chi connectivity index (χ3v) is 3.70. The van der Waals surface area contributed by atoms with Crippen molar-refractivity contribution in [2.24, 2.45) is 0 Å². The van der Waals surface area contributed by atoms with E-state index in [2.05, 4.69) is 12.2 Å². The number of benzene rings is 1. The third kappa shape index (κ3) is 3.47. The lowest BCUT2D eigenvalue weighted by molar-refractivity contribution is -0.122. The molecule has 0 radical (unpaired) electrons. The van der Waals surface area contributed by atoms with Crippen molar-refractivity contribution < 1.29 is 4.79 Å². The molecular weight excluding hydrogens is 248 g/mol. The van der Waals surface area contributed by atoms with Crippen LogP contribution in [0.3, 0.4) is 0 Å². The zero-order chi connectivity index (χ0) is 13.1. The van der Waals surface area contributed by atoms with E-state index in [-0.39, 0.29) is 11.9 Å². The van der Waals surface area contributed by atoms with E-state index in [0.717, 1.165) is 23.4 Å². The average molecular weight is 267 g/mol. The van der Waals surface area contributed by atoms with Crippen molar-refractivity contribution in [2.75, 3.05) is 13.6 Å². The molecule has 1 fully saturated rings. The van der Waals surface area contributed by atoms with Gasteiger partial charge in [-0.3, -0.25) is 9.69 Å². The van der Waals surface area contributed by atoms with Crippen LogP contribution in [-0.2, 0) is 4.79 Å². The number of hydrogen-bond acceptors (Lipinski definition) is 2. The van der Waals surface area contributed by atoms with Crippen molar-refractivity contribution in [3.63, 3.8) is 0 Å². The maximum absolute atomic E-state index is 11.7. The smallest absolute Gasteiger partial charge is 0.234 e. The SMILES string of the molecule is C[C@@H](c1ccccc1Cl)N(C)CC(=O)NC1CC1. The molecule has 1 aliphatic carbocycles. The van der Waals surface area contributed by atoms with Gasteiger partial charge in [0.2, 0.25) is 5.91 Å². The van der Waals surface area contributed by atoms with Crippen LogP contribution in [0.15, 0.2) is 24.3 Å². The second kappa shape index (κ2) is 5.72. The first kappa shape index (κ1) is 13.4. The summed E-state index contributed by atoms with van der Waals surface area (Å²) in [6, 6.07) is 8.31. The lowest BCUT2D eigenvalue weighted by Gasteiger charge is -2.25. The second-order valence-corrected chi connectivity index (χ2v) is 5.36. The van der Waals surface area contributed by atoms with Crippen molar-refractivity contribution in [1.29, 1.82) is 0 Å². The standard InChI is InChI=1S/C14H19ClN2O/c1-10(12-5-3-4-6-13(12)15)17(2)9-14(18)16-11-7-8-11/h3-6,10-11H,7-9H2,1-2H3,(H,16,18)/t10-/m0/s1. The highest BCUT2D eigenvalue weighted by molar-refractivity contribution is 6.31. The Kier molecular flexibility index (Phi) is 4.25. The monoisotopic (exact) mass is 266 g/mol. The summed E-state index contributed by atoms with van der Waals surface area (Å²) >= 11 is 6.17. The summed E-state index contributed by atoms with van der Waals surface area (Å²) in [5.41, 5.74) is 1.06. The quantitative estimate of drug-likeness (QED) is 0.889. The van der Waals surface area contributed by atoms with Crippen molar-refractivity contribution in [3.05, 3.63) is 34.9 Å². The Morgan fingerprint density at radius 3 is 2.78 bits per heavy atom. The number of carbonyl (C=O) groups excluding carboxylic acids is 1. The largest absolute Gasteiger partial charge is 0.352 e. The number of nitrogens with one attached hydrogen (secondary N) is 1. The molecule has 0 heterocycles. The molecule has 4 heteroatoms. The summed E-state index contributed by atoms with van der Waals surface area (Å²) < 4.78 is 0. The molecule has 3 nitrogen and oxygen atoms in total. The number of likely N-dealkylation sites (N-methyl/N-ethyl adjacent to an activating group) is 1. The fourth-order valence-corrected chi connectivity index (χ4v) is 2.21.